The molecule has 1 aromatic heterocycles. The molecule has 0 unspecified atom stereocenters. The molecular formula is C15H19N3O2. The van der Waals surface area contributed by atoms with E-state index < -0.39 is 0 Å². The predicted molar refractivity (Wildman–Crippen MR) is 78.8 cm³/mol. The van der Waals surface area contributed by atoms with E-state index in [0.29, 0.717) is 18.7 Å². The van der Waals surface area contributed by atoms with Crippen molar-refractivity contribution in [3.05, 3.63) is 46.2 Å². The molecular weight excluding hydrogens is 254 g/mol. The fourth-order valence-corrected chi connectivity index (χ4v) is 1.90. The lowest BCUT2D eigenvalue weighted by atomic mass is 10.1. The number of aromatic nitrogens is 2. The Kier molecular flexibility index (Phi) is 4.90. The molecule has 0 aliphatic rings. The summed E-state index contributed by atoms with van der Waals surface area (Å²) in [7, 11) is 0. The van der Waals surface area contributed by atoms with Crippen molar-refractivity contribution in [1.29, 1.82) is 0 Å². The summed E-state index contributed by atoms with van der Waals surface area (Å²) in [6.45, 7) is 5.92. The first kappa shape index (κ1) is 14.3. The summed E-state index contributed by atoms with van der Waals surface area (Å²) in [5.74, 6) is 0.797. The van der Waals surface area contributed by atoms with Crippen molar-refractivity contribution >= 4 is 0 Å². The van der Waals surface area contributed by atoms with Crippen LogP contribution in [0.5, 0.6) is 5.75 Å². The summed E-state index contributed by atoms with van der Waals surface area (Å²) in [5, 5.41) is 9.78. The molecule has 0 radical (unpaired) electrons. The van der Waals surface area contributed by atoms with Gasteiger partial charge < -0.3 is 10.1 Å². The standard InChI is InChI=1S/C15H19N3O2/c1-3-16-10-12-9-14(17-18-15(12)19)11-6-5-7-13(8-11)20-4-2/h5-9,16H,3-4,10H2,1-2H3,(H,18,19). The van der Waals surface area contributed by atoms with Crippen LogP contribution in [-0.2, 0) is 6.54 Å². The summed E-state index contributed by atoms with van der Waals surface area (Å²) < 4.78 is 5.47. The Morgan fingerprint density at radius 2 is 2.15 bits per heavy atom. The molecule has 1 aromatic carbocycles. The van der Waals surface area contributed by atoms with Crippen LogP contribution in [0.1, 0.15) is 19.4 Å². The van der Waals surface area contributed by atoms with Gasteiger partial charge in [-0.05, 0) is 31.7 Å². The Labute approximate surface area is 118 Å². The minimum atomic E-state index is -0.157. The van der Waals surface area contributed by atoms with Gasteiger partial charge in [0.15, 0.2) is 0 Å². The monoisotopic (exact) mass is 273 g/mol. The zero-order chi connectivity index (χ0) is 14.4. The lowest BCUT2D eigenvalue weighted by Gasteiger charge is -2.07. The second kappa shape index (κ2) is 6.86. The normalized spacial score (nSPS) is 10.5. The number of nitrogens with one attached hydrogen (secondary N) is 2. The number of hydrogen-bond donors (Lipinski definition) is 2. The fraction of sp³-hybridized carbons (Fsp3) is 0.333. The van der Waals surface area contributed by atoms with Gasteiger partial charge in [0, 0.05) is 17.7 Å². The number of nitrogens with zero attached hydrogens (tertiary/aromatic N) is 1. The highest BCUT2D eigenvalue weighted by atomic mass is 16.5. The van der Waals surface area contributed by atoms with Gasteiger partial charge in [0.25, 0.3) is 5.56 Å². The number of rotatable bonds is 6. The van der Waals surface area contributed by atoms with Gasteiger partial charge in [0.1, 0.15) is 5.75 Å². The summed E-state index contributed by atoms with van der Waals surface area (Å²) in [5.41, 5.74) is 2.18. The first-order chi connectivity index (χ1) is 9.74. The highest BCUT2D eigenvalue weighted by Gasteiger charge is 2.06. The van der Waals surface area contributed by atoms with E-state index in [2.05, 4.69) is 15.5 Å². The smallest absolute Gasteiger partial charge is 0.268 e. The van der Waals surface area contributed by atoms with E-state index in [1.54, 1.807) is 0 Å². The van der Waals surface area contributed by atoms with Gasteiger partial charge in [-0.2, -0.15) is 5.10 Å². The first-order valence-corrected chi connectivity index (χ1v) is 6.77. The molecule has 0 spiro atoms. The SMILES string of the molecule is CCNCc1cc(-c2cccc(OCC)c2)n[nH]c1=O. The molecule has 0 amide bonds. The fourth-order valence-electron chi connectivity index (χ4n) is 1.90. The van der Waals surface area contributed by atoms with Crippen LogP contribution in [0.25, 0.3) is 11.3 Å². The van der Waals surface area contributed by atoms with Crippen LogP contribution in [0.2, 0.25) is 0 Å². The quantitative estimate of drug-likeness (QED) is 0.844. The second-order valence-electron chi connectivity index (χ2n) is 4.35. The molecule has 0 saturated heterocycles. The Balaban J connectivity index is 2.32. The van der Waals surface area contributed by atoms with Crippen molar-refractivity contribution in [2.75, 3.05) is 13.2 Å². The molecule has 0 atom stereocenters. The predicted octanol–water partition coefficient (Wildman–Crippen LogP) is 1.95. The van der Waals surface area contributed by atoms with Gasteiger partial charge in [-0.1, -0.05) is 19.1 Å². The molecule has 5 nitrogen and oxygen atoms in total. The van der Waals surface area contributed by atoms with E-state index >= 15 is 0 Å². The van der Waals surface area contributed by atoms with Gasteiger partial charge in [-0.15, -0.1) is 0 Å². The van der Waals surface area contributed by atoms with Crippen molar-refractivity contribution in [2.45, 2.75) is 20.4 Å². The third-order valence-corrected chi connectivity index (χ3v) is 2.89. The van der Waals surface area contributed by atoms with Crippen molar-refractivity contribution in [2.24, 2.45) is 0 Å². The molecule has 0 aliphatic carbocycles. The molecule has 1 heterocycles. The van der Waals surface area contributed by atoms with Crippen LogP contribution < -0.4 is 15.6 Å². The topological polar surface area (TPSA) is 67.0 Å². The molecule has 2 aromatic rings. The number of benzene rings is 1. The summed E-state index contributed by atoms with van der Waals surface area (Å²) >= 11 is 0. The van der Waals surface area contributed by atoms with Crippen LogP contribution in [0.15, 0.2) is 35.1 Å². The molecule has 0 bridgehead atoms. The molecule has 2 rings (SSSR count). The maximum atomic E-state index is 11.7. The zero-order valence-corrected chi connectivity index (χ0v) is 11.8. The Hall–Kier alpha value is -2.14. The number of ether oxygens (including phenoxy) is 1. The highest BCUT2D eigenvalue weighted by Crippen LogP contribution is 2.21. The third-order valence-electron chi connectivity index (χ3n) is 2.89. The summed E-state index contributed by atoms with van der Waals surface area (Å²) in [6.07, 6.45) is 0. The van der Waals surface area contributed by atoms with Gasteiger partial charge in [0.05, 0.1) is 12.3 Å². The first-order valence-electron chi connectivity index (χ1n) is 6.77. The zero-order valence-electron chi connectivity index (χ0n) is 11.8. The Morgan fingerprint density at radius 1 is 1.30 bits per heavy atom. The average molecular weight is 273 g/mol. The number of H-pyrrole nitrogens is 1. The molecule has 2 N–H and O–H groups in total. The average Bonchev–Trinajstić information content (AvgIpc) is 2.47. The van der Waals surface area contributed by atoms with E-state index in [1.165, 1.54) is 0 Å². The van der Waals surface area contributed by atoms with Crippen molar-refractivity contribution in [3.63, 3.8) is 0 Å². The van der Waals surface area contributed by atoms with E-state index in [4.69, 9.17) is 4.74 Å². The third kappa shape index (κ3) is 3.45. The van der Waals surface area contributed by atoms with E-state index in [0.717, 1.165) is 23.6 Å². The van der Waals surface area contributed by atoms with E-state index in [-0.39, 0.29) is 5.56 Å². The second-order valence-corrected chi connectivity index (χ2v) is 4.35. The molecule has 20 heavy (non-hydrogen) atoms. The van der Waals surface area contributed by atoms with Crippen molar-refractivity contribution in [1.82, 2.24) is 15.5 Å². The largest absolute Gasteiger partial charge is 0.494 e. The maximum Gasteiger partial charge on any atom is 0.268 e. The summed E-state index contributed by atoms with van der Waals surface area (Å²) in [4.78, 5) is 11.7. The highest BCUT2D eigenvalue weighted by molar-refractivity contribution is 5.61. The minimum Gasteiger partial charge on any atom is -0.494 e. The van der Waals surface area contributed by atoms with Gasteiger partial charge in [0.2, 0.25) is 0 Å². The van der Waals surface area contributed by atoms with Crippen molar-refractivity contribution < 1.29 is 4.74 Å². The molecule has 0 fully saturated rings. The van der Waals surface area contributed by atoms with Crippen molar-refractivity contribution in [3.8, 4) is 17.0 Å². The Morgan fingerprint density at radius 3 is 2.90 bits per heavy atom. The Bertz CT molecular complexity index is 623. The van der Waals surface area contributed by atoms with Gasteiger partial charge in [-0.25, -0.2) is 5.10 Å². The summed E-state index contributed by atoms with van der Waals surface area (Å²) in [6, 6.07) is 9.49. The minimum absolute atomic E-state index is 0.157. The van der Waals surface area contributed by atoms with Gasteiger partial charge >= 0.3 is 0 Å². The molecule has 106 valence electrons. The number of hydrogen-bond acceptors (Lipinski definition) is 4. The maximum absolute atomic E-state index is 11.7. The van der Waals surface area contributed by atoms with Crippen LogP contribution in [0, 0.1) is 0 Å². The van der Waals surface area contributed by atoms with Crippen LogP contribution in [0.4, 0.5) is 0 Å². The lowest BCUT2D eigenvalue weighted by molar-refractivity contribution is 0.340. The van der Waals surface area contributed by atoms with Gasteiger partial charge in [-0.3, -0.25) is 4.79 Å². The van der Waals surface area contributed by atoms with Crippen LogP contribution in [0.3, 0.4) is 0 Å². The molecule has 5 heteroatoms. The number of aromatic amines is 1. The van der Waals surface area contributed by atoms with E-state index in [9.17, 15) is 4.79 Å². The molecule has 0 saturated carbocycles. The van der Waals surface area contributed by atoms with Crippen LogP contribution in [-0.4, -0.2) is 23.3 Å². The van der Waals surface area contributed by atoms with Crippen LogP contribution >= 0.6 is 0 Å². The lowest BCUT2D eigenvalue weighted by Crippen LogP contribution is -2.21. The van der Waals surface area contributed by atoms with E-state index in [1.807, 2.05) is 44.2 Å². The molecule has 0 aliphatic heterocycles.